The second kappa shape index (κ2) is 4.18. The predicted molar refractivity (Wildman–Crippen MR) is 75.1 cm³/mol. The molecule has 1 amide bonds. The molecule has 5 heteroatoms. The SMILES string of the molecule is C[C@@H]1OC(C)(C)c2cccc(-c3[nH]ncc3C(N)=O)c21. The first-order valence-corrected chi connectivity index (χ1v) is 6.56. The van der Waals surface area contributed by atoms with Crippen LogP contribution in [0.1, 0.15) is 48.4 Å². The molecule has 0 saturated carbocycles. The first kappa shape index (κ1) is 12.9. The van der Waals surface area contributed by atoms with Crippen LogP contribution in [0.25, 0.3) is 11.3 Å². The molecule has 104 valence electrons. The third-order valence-corrected chi connectivity index (χ3v) is 3.81. The fourth-order valence-corrected chi connectivity index (χ4v) is 2.99. The number of H-pyrrole nitrogens is 1. The summed E-state index contributed by atoms with van der Waals surface area (Å²) in [5, 5.41) is 6.81. The number of hydrogen-bond acceptors (Lipinski definition) is 3. The van der Waals surface area contributed by atoms with Crippen molar-refractivity contribution < 1.29 is 9.53 Å². The van der Waals surface area contributed by atoms with E-state index >= 15 is 0 Å². The van der Waals surface area contributed by atoms with Crippen LogP contribution in [0.15, 0.2) is 24.4 Å². The molecular formula is C15H17N3O2. The summed E-state index contributed by atoms with van der Waals surface area (Å²) in [6.07, 6.45) is 1.42. The highest BCUT2D eigenvalue weighted by atomic mass is 16.5. The number of nitrogens with two attached hydrogens (primary N) is 1. The maximum Gasteiger partial charge on any atom is 0.252 e. The van der Waals surface area contributed by atoms with Crippen LogP contribution < -0.4 is 5.73 Å². The number of rotatable bonds is 2. The maximum absolute atomic E-state index is 11.5. The zero-order valence-corrected chi connectivity index (χ0v) is 11.7. The van der Waals surface area contributed by atoms with Gasteiger partial charge in [0.25, 0.3) is 5.91 Å². The van der Waals surface area contributed by atoms with Crippen molar-refractivity contribution in [1.82, 2.24) is 10.2 Å². The van der Waals surface area contributed by atoms with E-state index in [0.717, 1.165) is 16.7 Å². The number of benzene rings is 1. The minimum atomic E-state index is -0.489. The molecule has 0 fully saturated rings. The second-order valence-electron chi connectivity index (χ2n) is 5.56. The molecule has 0 radical (unpaired) electrons. The molecule has 0 unspecified atom stereocenters. The van der Waals surface area contributed by atoms with Crippen LogP contribution in [0.4, 0.5) is 0 Å². The van der Waals surface area contributed by atoms with Crippen molar-refractivity contribution in [2.45, 2.75) is 32.5 Å². The molecule has 0 spiro atoms. The third-order valence-electron chi connectivity index (χ3n) is 3.81. The summed E-state index contributed by atoms with van der Waals surface area (Å²) in [7, 11) is 0. The van der Waals surface area contributed by atoms with Crippen molar-refractivity contribution in [3.63, 3.8) is 0 Å². The lowest BCUT2D eigenvalue weighted by Gasteiger charge is -2.19. The van der Waals surface area contributed by atoms with Gasteiger partial charge in [0.05, 0.1) is 29.2 Å². The van der Waals surface area contributed by atoms with Crippen LogP contribution in [0, 0.1) is 0 Å². The van der Waals surface area contributed by atoms with Gasteiger partial charge >= 0.3 is 0 Å². The van der Waals surface area contributed by atoms with E-state index in [0.29, 0.717) is 11.3 Å². The fraction of sp³-hybridized carbons (Fsp3) is 0.333. The Bertz CT molecular complexity index is 688. The number of carbonyl (C=O) groups excluding carboxylic acids is 1. The highest BCUT2D eigenvalue weighted by Crippen LogP contribution is 2.46. The van der Waals surface area contributed by atoms with E-state index in [1.165, 1.54) is 6.20 Å². The van der Waals surface area contributed by atoms with E-state index in [1.807, 2.05) is 32.9 Å². The fourth-order valence-electron chi connectivity index (χ4n) is 2.99. The van der Waals surface area contributed by atoms with Gasteiger partial charge in [0, 0.05) is 5.56 Å². The van der Waals surface area contributed by atoms with Crippen molar-refractivity contribution in [2.75, 3.05) is 0 Å². The van der Waals surface area contributed by atoms with E-state index < -0.39 is 5.91 Å². The average Bonchev–Trinajstić information content (AvgIpc) is 2.93. The van der Waals surface area contributed by atoms with E-state index in [4.69, 9.17) is 10.5 Å². The number of aromatic amines is 1. The lowest BCUT2D eigenvalue weighted by atomic mass is 9.89. The number of nitrogens with one attached hydrogen (secondary N) is 1. The standard InChI is InChI=1S/C15H17N3O2/c1-8-12-9(13-10(14(16)19)7-17-18-13)5-4-6-11(12)15(2,3)20-8/h4-8H,1-3H3,(H2,16,19)(H,17,18)/t8-/m0/s1. The zero-order valence-electron chi connectivity index (χ0n) is 11.7. The molecule has 20 heavy (non-hydrogen) atoms. The average molecular weight is 271 g/mol. The summed E-state index contributed by atoms with van der Waals surface area (Å²) in [4.78, 5) is 11.5. The van der Waals surface area contributed by atoms with Crippen LogP contribution in [-0.2, 0) is 10.3 Å². The molecule has 1 aliphatic heterocycles. The molecule has 0 aliphatic carbocycles. The normalized spacial score (nSPS) is 19.9. The van der Waals surface area contributed by atoms with Gasteiger partial charge in [0.15, 0.2) is 0 Å². The Morgan fingerprint density at radius 1 is 1.45 bits per heavy atom. The van der Waals surface area contributed by atoms with Gasteiger partial charge < -0.3 is 10.5 Å². The van der Waals surface area contributed by atoms with Crippen molar-refractivity contribution in [1.29, 1.82) is 0 Å². The smallest absolute Gasteiger partial charge is 0.252 e. The Balaban J connectivity index is 2.25. The first-order chi connectivity index (χ1) is 9.42. The second-order valence-corrected chi connectivity index (χ2v) is 5.56. The molecule has 2 aromatic rings. The van der Waals surface area contributed by atoms with Crippen molar-refractivity contribution in [3.05, 3.63) is 41.1 Å². The number of carbonyl (C=O) groups is 1. The number of hydrogen-bond donors (Lipinski definition) is 2. The minimum absolute atomic E-state index is 0.0415. The molecule has 1 atom stereocenters. The van der Waals surface area contributed by atoms with E-state index in [2.05, 4.69) is 16.3 Å². The van der Waals surface area contributed by atoms with Crippen molar-refractivity contribution in [3.8, 4) is 11.3 Å². The number of nitrogens with zero attached hydrogens (tertiary/aromatic N) is 1. The highest BCUT2D eigenvalue weighted by Gasteiger charge is 2.37. The minimum Gasteiger partial charge on any atom is -0.365 e. The molecule has 3 N–H and O–H groups in total. The molecule has 0 bridgehead atoms. The van der Waals surface area contributed by atoms with E-state index in [-0.39, 0.29) is 11.7 Å². The predicted octanol–water partition coefficient (Wildman–Crippen LogP) is 2.50. The Labute approximate surface area is 117 Å². The van der Waals surface area contributed by atoms with Crippen molar-refractivity contribution in [2.24, 2.45) is 5.73 Å². The van der Waals surface area contributed by atoms with Crippen molar-refractivity contribution >= 4 is 5.91 Å². The number of primary amides is 1. The van der Waals surface area contributed by atoms with Gasteiger partial charge in [-0.3, -0.25) is 9.89 Å². The Morgan fingerprint density at radius 3 is 2.90 bits per heavy atom. The number of ether oxygens (including phenoxy) is 1. The van der Waals surface area contributed by atoms with Crippen LogP contribution in [0.3, 0.4) is 0 Å². The van der Waals surface area contributed by atoms with Gasteiger partial charge in [0.2, 0.25) is 0 Å². The summed E-state index contributed by atoms with van der Waals surface area (Å²) >= 11 is 0. The Kier molecular flexibility index (Phi) is 2.69. The van der Waals surface area contributed by atoms with E-state index in [1.54, 1.807) is 0 Å². The third kappa shape index (κ3) is 1.74. The Morgan fingerprint density at radius 2 is 2.20 bits per heavy atom. The summed E-state index contributed by atoms with van der Waals surface area (Å²) in [5.41, 5.74) is 9.26. The monoisotopic (exact) mass is 271 g/mol. The number of aromatic nitrogens is 2. The van der Waals surface area contributed by atoms with Crippen LogP contribution in [-0.4, -0.2) is 16.1 Å². The summed E-state index contributed by atoms with van der Waals surface area (Å²) in [6, 6.07) is 5.98. The van der Waals surface area contributed by atoms with Gasteiger partial charge in [-0.2, -0.15) is 5.10 Å². The topological polar surface area (TPSA) is 81.0 Å². The largest absolute Gasteiger partial charge is 0.365 e. The Hall–Kier alpha value is -2.14. The molecule has 2 heterocycles. The van der Waals surface area contributed by atoms with Gasteiger partial charge in [0.1, 0.15) is 0 Å². The lowest BCUT2D eigenvalue weighted by molar-refractivity contribution is -0.0434. The molecule has 1 aromatic heterocycles. The highest BCUT2D eigenvalue weighted by molar-refractivity contribution is 5.99. The molecule has 1 aliphatic rings. The van der Waals surface area contributed by atoms with Crippen LogP contribution in [0.2, 0.25) is 0 Å². The van der Waals surface area contributed by atoms with Gasteiger partial charge in [-0.25, -0.2) is 0 Å². The number of fused-ring (bicyclic) bond motifs is 1. The first-order valence-electron chi connectivity index (χ1n) is 6.56. The van der Waals surface area contributed by atoms with Gasteiger partial charge in [-0.05, 0) is 31.9 Å². The maximum atomic E-state index is 11.5. The van der Waals surface area contributed by atoms with Crippen LogP contribution in [0.5, 0.6) is 0 Å². The molecule has 1 aromatic carbocycles. The van der Waals surface area contributed by atoms with E-state index in [9.17, 15) is 4.79 Å². The van der Waals surface area contributed by atoms with Crippen LogP contribution >= 0.6 is 0 Å². The molecule has 0 saturated heterocycles. The van der Waals surface area contributed by atoms with Gasteiger partial charge in [-0.15, -0.1) is 0 Å². The lowest BCUT2D eigenvalue weighted by Crippen LogP contribution is -2.15. The van der Waals surface area contributed by atoms with Gasteiger partial charge in [-0.1, -0.05) is 18.2 Å². The molecular weight excluding hydrogens is 254 g/mol. The molecule has 3 rings (SSSR count). The quantitative estimate of drug-likeness (QED) is 0.880. The summed E-state index contributed by atoms with van der Waals surface area (Å²) in [5.74, 6) is -0.489. The number of amides is 1. The summed E-state index contributed by atoms with van der Waals surface area (Å²) in [6.45, 7) is 6.10. The summed E-state index contributed by atoms with van der Waals surface area (Å²) < 4.78 is 6.01. The zero-order chi connectivity index (χ0) is 14.5. The molecule has 5 nitrogen and oxygen atoms in total.